The molecular weight excluding hydrogens is 326 g/mol. The van der Waals surface area contributed by atoms with Gasteiger partial charge < -0.3 is 9.73 Å². The van der Waals surface area contributed by atoms with Gasteiger partial charge in [-0.3, -0.25) is 4.79 Å². The molecule has 0 aliphatic rings. The van der Waals surface area contributed by atoms with E-state index in [0.29, 0.717) is 29.1 Å². The maximum Gasteiger partial charge on any atom is 0.232 e. The number of anilines is 1. The summed E-state index contributed by atoms with van der Waals surface area (Å²) in [5.41, 5.74) is 3.24. The average Bonchev–Trinajstić information content (AvgIpc) is 3.10. The van der Waals surface area contributed by atoms with Crippen molar-refractivity contribution >= 4 is 22.8 Å². The van der Waals surface area contributed by atoms with Crippen LogP contribution in [0.3, 0.4) is 0 Å². The first-order chi connectivity index (χ1) is 12.8. The Balaban J connectivity index is 2.03. The number of rotatable bonds is 4. The third-order valence-corrected chi connectivity index (χ3v) is 4.17. The number of furan rings is 1. The summed E-state index contributed by atoms with van der Waals surface area (Å²) in [5, 5.41) is 3.57. The van der Waals surface area contributed by atoms with E-state index in [4.69, 9.17) is 4.42 Å². The van der Waals surface area contributed by atoms with Crippen molar-refractivity contribution < 1.29 is 9.21 Å². The van der Waals surface area contributed by atoms with Crippen LogP contribution in [0.5, 0.6) is 0 Å². The highest BCUT2D eigenvalue weighted by atomic mass is 16.3. The molecule has 0 radical (unpaired) electrons. The van der Waals surface area contributed by atoms with Crippen LogP contribution in [0.25, 0.3) is 33.6 Å². The van der Waals surface area contributed by atoms with E-state index in [9.17, 15) is 4.79 Å². The molecule has 5 heteroatoms. The predicted octanol–water partition coefficient (Wildman–Crippen LogP) is 4.91. The van der Waals surface area contributed by atoms with E-state index in [1.807, 2.05) is 60.7 Å². The van der Waals surface area contributed by atoms with Crippen LogP contribution in [0.15, 0.2) is 71.4 Å². The van der Waals surface area contributed by atoms with Crippen LogP contribution < -0.4 is 5.32 Å². The Labute approximate surface area is 150 Å². The molecule has 0 spiro atoms. The Hall–Kier alpha value is -3.47. The summed E-state index contributed by atoms with van der Waals surface area (Å²) < 4.78 is 6.09. The third-order valence-electron chi connectivity index (χ3n) is 4.17. The highest BCUT2D eigenvalue weighted by Gasteiger charge is 2.22. The minimum absolute atomic E-state index is 0.105. The van der Waals surface area contributed by atoms with Crippen molar-refractivity contribution in [2.75, 3.05) is 5.32 Å². The van der Waals surface area contributed by atoms with Crippen LogP contribution in [-0.4, -0.2) is 15.9 Å². The number of fused-ring (bicyclic) bond motifs is 1. The molecule has 26 heavy (non-hydrogen) atoms. The van der Waals surface area contributed by atoms with Gasteiger partial charge in [0.2, 0.25) is 11.6 Å². The fourth-order valence-corrected chi connectivity index (χ4v) is 2.92. The normalized spacial score (nSPS) is 10.8. The van der Waals surface area contributed by atoms with Crippen molar-refractivity contribution in [1.82, 2.24) is 9.97 Å². The second-order valence-corrected chi connectivity index (χ2v) is 5.84. The van der Waals surface area contributed by atoms with E-state index in [1.165, 1.54) is 6.33 Å². The van der Waals surface area contributed by atoms with E-state index in [-0.39, 0.29) is 5.91 Å². The van der Waals surface area contributed by atoms with E-state index in [1.54, 1.807) is 6.92 Å². The lowest BCUT2D eigenvalue weighted by Crippen LogP contribution is -2.11. The topological polar surface area (TPSA) is 68.0 Å². The van der Waals surface area contributed by atoms with Gasteiger partial charge in [-0.05, 0) is 5.56 Å². The maximum atomic E-state index is 11.9. The Morgan fingerprint density at radius 2 is 1.62 bits per heavy atom. The zero-order chi connectivity index (χ0) is 17.9. The molecule has 0 unspecified atom stereocenters. The number of nitrogens with one attached hydrogen (secondary N) is 1. The number of aromatic nitrogens is 2. The van der Waals surface area contributed by atoms with Crippen LogP contribution in [-0.2, 0) is 4.79 Å². The van der Waals surface area contributed by atoms with Crippen LogP contribution >= 0.6 is 0 Å². The number of nitrogens with zero attached hydrogens (tertiary/aromatic N) is 2. The molecule has 0 saturated carbocycles. The Morgan fingerprint density at radius 3 is 2.27 bits per heavy atom. The van der Waals surface area contributed by atoms with Gasteiger partial charge in [0, 0.05) is 17.5 Å². The molecule has 5 nitrogen and oxygen atoms in total. The van der Waals surface area contributed by atoms with Gasteiger partial charge >= 0.3 is 0 Å². The summed E-state index contributed by atoms with van der Waals surface area (Å²) in [5.74, 6) is 1.07. The Bertz CT molecular complexity index is 1060. The summed E-state index contributed by atoms with van der Waals surface area (Å²) in [6.45, 7) is 1.80. The molecule has 2 heterocycles. The second-order valence-electron chi connectivity index (χ2n) is 5.84. The van der Waals surface area contributed by atoms with Crippen molar-refractivity contribution in [1.29, 1.82) is 0 Å². The molecule has 2 aromatic carbocycles. The van der Waals surface area contributed by atoms with Crippen LogP contribution in [0.4, 0.5) is 5.82 Å². The lowest BCUT2D eigenvalue weighted by atomic mass is 9.99. The number of carbonyl (C=O) groups is 1. The minimum Gasteiger partial charge on any atom is -0.437 e. The third kappa shape index (κ3) is 2.84. The van der Waals surface area contributed by atoms with Gasteiger partial charge in [-0.25, -0.2) is 9.97 Å². The Kier molecular flexibility index (Phi) is 4.19. The van der Waals surface area contributed by atoms with E-state index < -0.39 is 0 Å². The molecule has 128 valence electrons. The number of hydrogen-bond acceptors (Lipinski definition) is 4. The monoisotopic (exact) mass is 343 g/mol. The molecule has 1 amide bonds. The Morgan fingerprint density at radius 1 is 0.962 bits per heavy atom. The molecule has 4 aromatic rings. The fraction of sp³-hybridized carbons (Fsp3) is 0.0952. The number of benzene rings is 2. The molecule has 0 fully saturated rings. The highest BCUT2D eigenvalue weighted by Crippen LogP contribution is 2.42. The summed E-state index contributed by atoms with van der Waals surface area (Å²) in [4.78, 5) is 20.5. The lowest BCUT2D eigenvalue weighted by molar-refractivity contribution is -0.115. The quantitative estimate of drug-likeness (QED) is 0.572. The first kappa shape index (κ1) is 16.0. The standard InChI is InChI=1S/C21H17N3O2/c1-2-16(25)24-20-18-17(14-9-5-3-6-10-14)19(15-11-7-4-8-12-15)26-21(18)23-13-22-20/h3-13H,2H2,1H3,(H,22,23,24,25). The van der Waals surface area contributed by atoms with Gasteiger partial charge in [0.1, 0.15) is 17.9 Å². The fourth-order valence-electron chi connectivity index (χ4n) is 2.92. The zero-order valence-corrected chi connectivity index (χ0v) is 14.3. The van der Waals surface area contributed by atoms with Gasteiger partial charge in [0.25, 0.3) is 0 Å². The summed E-state index contributed by atoms with van der Waals surface area (Å²) in [6.07, 6.45) is 1.77. The molecule has 2 aromatic heterocycles. The van der Waals surface area contributed by atoms with Crippen molar-refractivity contribution in [2.45, 2.75) is 13.3 Å². The zero-order valence-electron chi connectivity index (χ0n) is 14.3. The number of carbonyl (C=O) groups excluding carboxylic acids is 1. The second kappa shape index (κ2) is 6.80. The predicted molar refractivity (Wildman–Crippen MR) is 102 cm³/mol. The molecular formula is C21H17N3O2. The van der Waals surface area contributed by atoms with Gasteiger partial charge in [-0.15, -0.1) is 0 Å². The molecule has 1 N–H and O–H groups in total. The lowest BCUT2D eigenvalue weighted by Gasteiger charge is -2.07. The van der Waals surface area contributed by atoms with E-state index >= 15 is 0 Å². The minimum atomic E-state index is -0.105. The first-order valence-corrected chi connectivity index (χ1v) is 8.46. The van der Waals surface area contributed by atoms with E-state index in [0.717, 1.165) is 16.7 Å². The summed E-state index contributed by atoms with van der Waals surface area (Å²) >= 11 is 0. The maximum absolute atomic E-state index is 11.9. The van der Waals surface area contributed by atoms with Gasteiger partial charge in [-0.2, -0.15) is 0 Å². The van der Waals surface area contributed by atoms with Crippen molar-refractivity contribution in [3.05, 3.63) is 67.0 Å². The molecule has 0 saturated heterocycles. The van der Waals surface area contributed by atoms with E-state index in [2.05, 4.69) is 15.3 Å². The van der Waals surface area contributed by atoms with Gasteiger partial charge in [0.15, 0.2) is 0 Å². The molecule has 0 aliphatic carbocycles. The smallest absolute Gasteiger partial charge is 0.232 e. The largest absolute Gasteiger partial charge is 0.437 e. The SMILES string of the molecule is CCC(=O)Nc1ncnc2oc(-c3ccccc3)c(-c3ccccc3)c12. The number of hydrogen-bond donors (Lipinski definition) is 1. The molecule has 0 aliphatic heterocycles. The molecule has 4 rings (SSSR count). The first-order valence-electron chi connectivity index (χ1n) is 8.46. The number of amides is 1. The highest BCUT2D eigenvalue weighted by molar-refractivity contribution is 6.08. The van der Waals surface area contributed by atoms with Crippen molar-refractivity contribution in [2.24, 2.45) is 0 Å². The van der Waals surface area contributed by atoms with Crippen LogP contribution in [0.2, 0.25) is 0 Å². The summed E-state index contributed by atoms with van der Waals surface area (Å²) in [6, 6.07) is 19.8. The van der Waals surface area contributed by atoms with Crippen molar-refractivity contribution in [3.63, 3.8) is 0 Å². The van der Waals surface area contributed by atoms with Crippen molar-refractivity contribution in [3.8, 4) is 22.5 Å². The van der Waals surface area contributed by atoms with Crippen LogP contribution in [0.1, 0.15) is 13.3 Å². The average molecular weight is 343 g/mol. The van der Waals surface area contributed by atoms with Gasteiger partial charge in [0.05, 0.1) is 5.39 Å². The van der Waals surface area contributed by atoms with Crippen LogP contribution in [0, 0.1) is 0 Å². The molecule has 0 bridgehead atoms. The molecule has 0 atom stereocenters. The summed E-state index contributed by atoms with van der Waals surface area (Å²) in [7, 11) is 0. The van der Waals surface area contributed by atoms with Gasteiger partial charge in [-0.1, -0.05) is 67.6 Å².